The van der Waals surface area contributed by atoms with Gasteiger partial charge in [0.25, 0.3) is 0 Å². The second kappa shape index (κ2) is 18.2. The molecule has 3 fully saturated rings. The fraction of sp³-hybridized carbons (Fsp3) is 0.647. The molecule has 0 unspecified atom stereocenters. The van der Waals surface area contributed by atoms with Crippen molar-refractivity contribution in [2.45, 2.75) is 119 Å². The van der Waals surface area contributed by atoms with E-state index in [9.17, 15) is 74.7 Å². The lowest BCUT2D eigenvalue weighted by molar-refractivity contribution is -0.148. The Hall–Kier alpha value is -4.52. The Kier molecular flexibility index (Phi) is 14.3. The Morgan fingerprint density at radius 2 is 1.23 bits per heavy atom. The van der Waals surface area contributed by atoms with Gasteiger partial charge in [-0.2, -0.15) is 0 Å². The summed E-state index contributed by atoms with van der Waals surface area (Å²) in [6, 6.07) is -6.28. The summed E-state index contributed by atoms with van der Waals surface area (Å²) in [6.07, 6.45) is -15.8. The van der Waals surface area contributed by atoms with E-state index >= 15 is 0 Å². The lowest BCUT2D eigenvalue weighted by atomic mass is 9.96. The lowest BCUT2D eigenvalue weighted by Crippen LogP contribution is -2.64. The van der Waals surface area contributed by atoms with E-state index in [1.807, 2.05) is 5.32 Å². The summed E-state index contributed by atoms with van der Waals surface area (Å²) in [5.74, 6) is -8.12. The molecule has 1 aromatic carbocycles. The van der Waals surface area contributed by atoms with Crippen molar-refractivity contribution in [2.24, 2.45) is 11.7 Å². The van der Waals surface area contributed by atoms with Crippen LogP contribution >= 0.6 is 0 Å². The molecule has 0 spiro atoms. The number of nitrogens with two attached hydrogens (primary N) is 1. The van der Waals surface area contributed by atoms with Crippen molar-refractivity contribution in [3.63, 3.8) is 0 Å². The second-order valence-corrected chi connectivity index (χ2v) is 14.6. The summed E-state index contributed by atoms with van der Waals surface area (Å²) >= 11 is 0. The molecule has 15 atom stereocenters. The van der Waals surface area contributed by atoms with Crippen molar-refractivity contribution in [1.82, 2.24) is 31.1 Å². The van der Waals surface area contributed by atoms with E-state index in [1.54, 1.807) is 0 Å². The van der Waals surface area contributed by atoms with Gasteiger partial charge in [0.2, 0.25) is 35.4 Å². The summed E-state index contributed by atoms with van der Waals surface area (Å²) in [7, 11) is 0. The zero-order chi connectivity index (χ0) is 41.9. The molecule has 312 valence electrons. The molecule has 15 N–H and O–H groups in total. The predicted molar refractivity (Wildman–Crippen MR) is 188 cm³/mol. The molecule has 0 saturated carbocycles. The molecule has 0 aliphatic carbocycles. The first-order chi connectivity index (χ1) is 26.1. The first-order valence-corrected chi connectivity index (χ1v) is 18.0. The predicted octanol–water partition coefficient (Wildman–Crippen LogP) is -7.30. The number of hydrogen-bond donors (Lipinski definition) is 14. The van der Waals surface area contributed by atoms with Gasteiger partial charge >= 0.3 is 0 Å². The minimum absolute atomic E-state index is 0.0501. The molecule has 3 heterocycles. The fourth-order valence-electron chi connectivity index (χ4n) is 6.92. The molecular formula is C34H51N7O15. The number of benzene rings is 1. The van der Waals surface area contributed by atoms with Gasteiger partial charge in [-0.3, -0.25) is 28.8 Å². The quantitative estimate of drug-likeness (QED) is 0.132. The standard InChI is InChI=1S/C34H51N7O15/c1-12-10-41-24(25(12)47)32(54)39-30(52)20(46)9-18(35)28(50)36-21(13(2)42)33(55)40-11-17(45)8-19(40)29(51)38-23(31(53)37-22(14(3)43)34(41)56)27(49)26(48)15-4-6-16(44)7-5-15/h4-7,12-14,17-27,30,42-49,52H,8-11,35H2,1-3H3,(H,36,50)(H,37,53)(H,38,51)(H,39,54)/t12-,13+,14+,17+,18-,19-,20+,21+,22-,23+,24-,25-,26-,27-,30+/m0/s1. The number of aliphatic hydroxyl groups is 8. The fourth-order valence-corrected chi connectivity index (χ4v) is 6.92. The molecule has 56 heavy (non-hydrogen) atoms. The number of rotatable bonds is 5. The molecule has 0 bridgehead atoms. The maximum atomic E-state index is 14.0. The Labute approximate surface area is 320 Å². The van der Waals surface area contributed by atoms with Crippen LogP contribution in [-0.2, 0) is 28.8 Å². The third kappa shape index (κ3) is 9.70. The van der Waals surface area contributed by atoms with Crippen LogP contribution in [0.3, 0.4) is 0 Å². The first-order valence-electron chi connectivity index (χ1n) is 18.0. The average molecular weight is 798 g/mol. The van der Waals surface area contributed by atoms with Crippen molar-refractivity contribution < 1.29 is 74.7 Å². The van der Waals surface area contributed by atoms with Crippen LogP contribution in [0.5, 0.6) is 5.75 Å². The number of amides is 6. The maximum Gasteiger partial charge on any atom is 0.248 e. The summed E-state index contributed by atoms with van der Waals surface area (Å²) < 4.78 is 0. The monoisotopic (exact) mass is 797 g/mol. The Morgan fingerprint density at radius 1 is 0.696 bits per heavy atom. The summed E-state index contributed by atoms with van der Waals surface area (Å²) in [5, 5.41) is 105. The summed E-state index contributed by atoms with van der Waals surface area (Å²) in [5.41, 5.74) is 5.88. The molecule has 3 aliphatic heterocycles. The molecule has 22 heteroatoms. The molecule has 3 saturated heterocycles. The van der Waals surface area contributed by atoms with Crippen LogP contribution in [0.4, 0.5) is 0 Å². The highest BCUT2D eigenvalue weighted by Gasteiger charge is 2.50. The highest BCUT2D eigenvalue weighted by molar-refractivity contribution is 5.98. The summed E-state index contributed by atoms with van der Waals surface area (Å²) in [6.45, 7) is 2.85. The minimum Gasteiger partial charge on any atom is -0.508 e. The number of phenolic OH excluding ortho intramolecular Hbond substituents is 1. The van der Waals surface area contributed by atoms with E-state index in [0.717, 1.165) is 35.8 Å². The number of aromatic hydroxyl groups is 1. The van der Waals surface area contributed by atoms with Gasteiger partial charge in [-0.15, -0.1) is 0 Å². The topological polar surface area (TPSA) is 365 Å². The number of phenols is 1. The summed E-state index contributed by atoms with van der Waals surface area (Å²) in [4.78, 5) is 83.9. The second-order valence-electron chi connectivity index (χ2n) is 14.6. The van der Waals surface area contributed by atoms with E-state index in [0.29, 0.717) is 0 Å². The van der Waals surface area contributed by atoms with Gasteiger partial charge in [0, 0.05) is 31.8 Å². The number of fused-ring (bicyclic) bond motifs is 2. The van der Waals surface area contributed by atoms with Gasteiger partial charge in [-0.25, -0.2) is 0 Å². The smallest absolute Gasteiger partial charge is 0.248 e. The van der Waals surface area contributed by atoms with E-state index in [1.165, 1.54) is 19.1 Å². The molecular weight excluding hydrogens is 746 g/mol. The van der Waals surface area contributed by atoms with Gasteiger partial charge in [0.05, 0.1) is 30.5 Å². The van der Waals surface area contributed by atoms with Crippen LogP contribution in [0.25, 0.3) is 0 Å². The average Bonchev–Trinajstić information content (AvgIpc) is 3.68. The van der Waals surface area contributed by atoms with Gasteiger partial charge in [-0.1, -0.05) is 19.1 Å². The molecule has 0 radical (unpaired) electrons. The van der Waals surface area contributed by atoms with Crippen LogP contribution in [-0.4, -0.2) is 183 Å². The van der Waals surface area contributed by atoms with Crippen LogP contribution < -0.4 is 27.0 Å². The van der Waals surface area contributed by atoms with Crippen molar-refractivity contribution in [3.05, 3.63) is 29.8 Å². The molecule has 0 aromatic heterocycles. The lowest BCUT2D eigenvalue weighted by Gasteiger charge is -2.34. The highest BCUT2D eigenvalue weighted by Crippen LogP contribution is 2.27. The van der Waals surface area contributed by atoms with Crippen LogP contribution in [0.1, 0.15) is 45.3 Å². The van der Waals surface area contributed by atoms with E-state index in [-0.39, 0.29) is 17.9 Å². The molecule has 3 aliphatic rings. The van der Waals surface area contributed by atoms with Crippen molar-refractivity contribution in [1.29, 1.82) is 0 Å². The molecule has 6 amide bonds. The number of aliphatic hydroxyl groups excluding tert-OH is 8. The third-order valence-corrected chi connectivity index (χ3v) is 10.2. The van der Waals surface area contributed by atoms with Gasteiger partial charge in [-0.05, 0) is 31.5 Å². The highest BCUT2D eigenvalue weighted by atomic mass is 16.3. The third-order valence-electron chi connectivity index (χ3n) is 10.2. The first kappa shape index (κ1) is 44.2. The normalized spacial score (nSPS) is 35.2. The van der Waals surface area contributed by atoms with Gasteiger partial charge < -0.3 is 82.8 Å². The van der Waals surface area contributed by atoms with Crippen molar-refractivity contribution in [2.75, 3.05) is 13.1 Å². The molecule has 1 aromatic rings. The molecule has 22 nitrogen and oxygen atoms in total. The Balaban J connectivity index is 1.80. The number of nitrogens with zero attached hydrogens (tertiary/aromatic N) is 2. The number of hydrogen-bond acceptors (Lipinski definition) is 16. The van der Waals surface area contributed by atoms with Gasteiger partial charge in [0.15, 0.2) is 6.23 Å². The zero-order valence-corrected chi connectivity index (χ0v) is 30.7. The van der Waals surface area contributed by atoms with E-state index < -0.39 is 146 Å². The number of nitrogens with one attached hydrogen (secondary N) is 4. The number of carbonyl (C=O) groups excluding carboxylic acids is 6. The van der Waals surface area contributed by atoms with E-state index in [2.05, 4.69) is 16.0 Å². The Bertz CT molecular complexity index is 1620. The minimum atomic E-state index is -2.24. The van der Waals surface area contributed by atoms with Crippen molar-refractivity contribution >= 4 is 35.4 Å². The SMILES string of the molecule is C[C@@H](O)[C@@H]1NC(=O)[C@@H]([C@H](O)[C@@H](O)c2ccc(O)cc2)NC(=O)[C@@H]2C[C@@H](O)CN2C(=O)[C@@H]([C@@H](C)O)NC(=O)[C@@H](N)C[C@@H](O)[C@@H](O)NC(=O)[C@@H]2[C@@H](O)[C@@H](C)CN2C1=O. The Morgan fingerprint density at radius 3 is 1.80 bits per heavy atom. The van der Waals surface area contributed by atoms with Crippen LogP contribution in [0.2, 0.25) is 0 Å². The maximum absolute atomic E-state index is 14.0. The van der Waals surface area contributed by atoms with Crippen molar-refractivity contribution in [3.8, 4) is 5.75 Å². The van der Waals surface area contributed by atoms with Crippen LogP contribution in [0.15, 0.2) is 24.3 Å². The molecule has 4 rings (SSSR count). The van der Waals surface area contributed by atoms with E-state index in [4.69, 9.17) is 5.73 Å². The number of carbonyl (C=O) groups is 6. The zero-order valence-electron chi connectivity index (χ0n) is 30.7. The largest absolute Gasteiger partial charge is 0.508 e. The van der Waals surface area contributed by atoms with Gasteiger partial charge in [0.1, 0.15) is 54.3 Å². The van der Waals surface area contributed by atoms with Crippen LogP contribution in [0, 0.1) is 5.92 Å².